The number of carbonyl (C=O) groups excluding carboxylic acids is 1. The van der Waals surface area contributed by atoms with E-state index in [0.717, 1.165) is 29.1 Å². The third-order valence-corrected chi connectivity index (χ3v) is 5.22. The van der Waals surface area contributed by atoms with Crippen LogP contribution in [0.5, 0.6) is 11.5 Å². The highest BCUT2D eigenvalue weighted by Crippen LogP contribution is 2.26. The number of hydrazone groups is 1. The van der Waals surface area contributed by atoms with E-state index in [2.05, 4.69) is 67.1 Å². The zero-order chi connectivity index (χ0) is 22.4. The molecule has 0 unspecified atom stereocenters. The molecule has 1 amide bonds. The van der Waals surface area contributed by atoms with Crippen LogP contribution in [-0.4, -0.2) is 30.4 Å². The summed E-state index contributed by atoms with van der Waals surface area (Å²) in [6.07, 6.45) is 2.63. The number of carbonyl (C=O) groups is 1. The Balaban J connectivity index is 1.66. The number of nitrogens with one attached hydrogen (secondary N) is 1. The molecule has 3 aromatic rings. The second-order valence-corrected chi connectivity index (χ2v) is 7.36. The van der Waals surface area contributed by atoms with Gasteiger partial charge in [0, 0.05) is 17.0 Å². The number of amides is 1. The van der Waals surface area contributed by atoms with Crippen molar-refractivity contribution in [3.63, 3.8) is 0 Å². The molecule has 0 aliphatic rings. The van der Waals surface area contributed by atoms with Crippen molar-refractivity contribution in [3.05, 3.63) is 76.6 Å². The third-order valence-electron chi connectivity index (χ3n) is 5.22. The molecule has 1 heterocycles. The number of hydrogen-bond acceptors (Lipinski definition) is 4. The van der Waals surface area contributed by atoms with Gasteiger partial charge in [-0.2, -0.15) is 5.10 Å². The van der Waals surface area contributed by atoms with Gasteiger partial charge in [-0.1, -0.05) is 25.1 Å². The zero-order valence-corrected chi connectivity index (χ0v) is 18.7. The fourth-order valence-corrected chi connectivity index (χ4v) is 3.61. The Bertz CT molecular complexity index is 1080. The van der Waals surface area contributed by atoms with Gasteiger partial charge in [-0.25, -0.2) is 5.43 Å². The van der Waals surface area contributed by atoms with E-state index in [1.165, 1.54) is 16.8 Å². The van der Waals surface area contributed by atoms with Crippen LogP contribution in [0.4, 0.5) is 0 Å². The first-order valence-electron chi connectivity index (χ1n) is 10.3. The molecule has 0 spiro atoms. The summed E-state index contributed by atoms with van der Waals surface area (Å²) >= 11 is 0. The van der Waals surface area contributed by atoms with Crippen molar-refractivity contribution >= 4 is 12.1 Å². The van der Waals surface area contributed by atoms with E-state index in [1.54, 1.807) is 37.6 Å². The number of aryl methyl sites for hydroxylation is 3. The molecule has 1 N–H and O–H groups in total. The maximum Gasteiger partial charge on any atom is 0.277 e. The molecular weight excluding hydrogens is 390 g/mol. The summed E-state index contributed by atoms with van der Waals surface area (Å²) in [7, 11) is 1.60. The quantitative estimate of drug-likeness (QED) is 0.432. The Kier molecular flexibility index (Phi) is 7.13. The van der Waals surface area contributed by atoms with Crippen LogP contribution < -0.4 is 14.9 Å². The third kappa shape index (κ3) is 5.15. The van der Waals surface area contributed by atoms with Crippen molar-refractivity contribution in [2.75, 3.05) is 13.7 Å². The summed E-state index contributed by atoms with van der Waals surface area (Å²) in [5, 5.41) is 4.12. The molecule has 0 bridgehead atoms. The van der Waals surface area contributed by atoms with E-state index in [4.69, 9.17) is 9.47 Å². The molecule has 6 heteroatoms. The van der Waals surface area contributed by atoms with Crippen molar-refractivity contribution in [1.82, 2.24) is 9.99 Å². The van der Waals surface area contributed by atoms with E-state index in [1.807, 2.05) is 0 Å². The molecule has 0 saturated heterocycles. The SMILES string of the molecule is CCc1cccc(C)c1-n1c(C)cc(/C=N/NC(=O)COc2ccc(OC)cc2)c1C. The minimum absolute atomic E-state index is 0.119. The van der Waals surface area contributed by atoms with Crippen LogP contribution in [0, 0.1) is 20.8 Å². The highest BCUT2D eigenvalue weighted by molar-refractivity contribution is 5.84. The van der Waals surface area contributed by atoms with Crippen LogP contribution in [0.15, 0.2) is 53.6 Å². The smallest absolute Gasteiger partial charge is 0.277 e. The number of ether oxygens (including phenoxy) is 2. The topological polar surface area (TPSA) is 64.9 Å². The van der Waals surface area contributed by atoms with Crippen LogP contribution in [0.3, 0.4) is 0 Å². The van der Waals surface area contributed by atoms with Crippen molar-refractivity contribution < 1.29 is 14.3 Å². The Morgan fingerprint density at radius 3 is 2.48 bits per heavy atom. The molecule has 0 aliphatic heterocycles. The van der Waals surface area contributed by atoms with Gasteiger partial charge in [0.2, 0.25) is 0 Å². The Labute approximate surface area is 183 Å². The standard InChI is InChI=1S/C25H29N3O3/c1-6-20-9-7-8-17(2)25(20)28-18(3)14-21(19(28)4)15-26-27-24(29)16-31-23-12-10-22(30-5)11-13-23/h7-15H,6,16H2,1-5H3,(H,27,29)/b26-15+. The molecule has 0 radical (unpaired) electrons. The van der Waals surface area contributed by atoms with Gasteiger partial charge in [-0.3, -0.25) is 4.79 Å². The fourth-order valence-electron chi connectivity index (χ4n) is 3.61. The van der Waals surface area contributed by atoms with Crippen molar-refractivity contribution in [3.8, 4) is 17.2 Å². The van der Waals surface area contributed by atoms with Gasteiger partial charge >= 0.3 is 0 Å². The molecular formula is C25H29N3O3. The first-order chi connectivity index (χ1) is 14.9. The average molecular weight is 420 g/mol. The number of benzene rings is 2. The summed E-state index contributed by atoms with van der Waals surface area (Å²) in [5.41, 5.74) is 9.43. The van der Waals surface area contributed by atoms with Crippen LogP contribution in [0.25, 0.3) is 5.69 Å². The second-order valence-electron chi connectivity index (χ2n) is 7.36. The molecule has 162 valence electrons. The van der Waals surface area contributed by atoms with Crippen LogP contribution in [0.2, 0.25) is 0 Å². The molecule has 0 atom stereocenters. The maximum absolute atomic E-state index is 12.1. The van der Waals surface area contributed by atoms with Crippen LogP contribution >= 0.6 is 0 Å². The Hall–Kier alpha value is -3.54. The van der Waals surface area contributed by atoms with E-state index in [9.17, 15) is 4.79 Å². The van der Waals surface area contributed by atoms with Gasteiger partial charge in [-0.05, 0) is 68.7 Å². The summed E-state index contributed by atoms with van der Waals surface area (Å²) in [6, 6.07) is 15.5. The summed E-state index contributed by atoms with van der Waals surface area (Å²) in [5.74, 6) is 0.997. The summed E-state index contributed by atoms with van der Waals surface area (Å²) < 4.78 is 12.8. The average Bonchev–Trinajstić information content (AvgIpc) is 3.05. The summed E-state index contributed by atoms with van der Waals surface area (Å²) in [4.78, 5) is 12.1. The number of aromatic nitrogens is 1. The lowest BCUT2D eigenvalue weighted by Crippen LogP contribution is -2.24. The highest BCUT2D eigenvalue weighted by Gasteiger charge is 2.14. The van der Waals surface area contributed by atoms with Crippen molar-refractivity contribution in [2.45, 2.75) is 34.1 Å². The largest absolute Gasteiger partial charge is 0.497 e. The van der Waals surface area contributed by atoms with Crippen LogP contribution in [-0.2, 0) is 11.2 Å². The monoisotopic (exact) mass is 419 g/mol. The van der Waals surface area contributed by atoms with Crippen molar-refractivity contribution in [2.24, 2.45) is 5.10 Å². The second kappa shape index (κ2) is 9.98. The number of hydrogen-bond donors (Lipinski definition) is 1. The molecule has 6 nitrogen and oxygen atoms in total. The predicted molar refractivity (Wildman–Crippen MR) is 124 cm³/mol. The molecule has 3 rings (SSSR count). The van der Waals surface area contributed by atoms with Gasteiger partial charge < -0.3 is 14.0 Å². The predicted octanol–water partition coefficient (Wildman–Crippen LogP) is 4.50. The molecule has 31 heavy (non-hydrogen) atoms. The maximum atomic E-state index is 12.1. The van der Waals surface area contributed by atoms with E-state index in [-0.39, 0.29) is 12.5 Å². The minimum atomic E-state index is -0.326. The van der Waals surface area contributed by atoms with E-state index < -0.39 is 0 Å². The lowest BCUT2D eigenvalue weighted by Gasteiger charge is -2.17. The number of rotatable bonds is 8. The van der Waals surface area contributed by atoms with E-state index >= 15 is 0 Å². The molecule has 0 fully saturated rings. The van der Waals surface area contributed by atoms with Gasteiger partial charge in [0.15, 0.2) is 6.61 Å². The Morgan fingerprint density at radius 2 is 1.81 bits per heavy atom. The first-order valence-corrected chi connectivity index (χ1v) is 10.3. The van der Waals surface area contributed by atoms with Gasteiger partial charge in [-0.15, -0.1) is 0 Å². The Morgan fingerprint density at radius 1 is 1.10 bits per heavy atom. The van der Waals surface area contributed by atoms with Gasteiger partial charge in [0.05, 0.1) is 19.0 Å². The van der Waals surface area contributed by atoms with Gasteiger partial charge in [0.25, 0.3) is 5.91 Å². The molecule has 2 aromatic carbocycles. The van der Waals surface area contributed by atoms with Gasteiger partial charge in [0.1, 0.15) is 11.5 Å². The van der Waals surface area contributed by atoms with Crippen LogP contribution in [0.1, 0.15) is 35.0 Å². The fraction of sp³-hybridized carbons (Fsp3) is 0.280. The van der Waals surface area contributed by atoms with E-state index in [0.29, 0.717) is 5.75 Å². The molecule has 0 saturated carbocycles. The molecule has 1 aromatic heterocycles. The first kappa shape index (κ1) is 22.2. The molecule has 0 aliphatic carbocycles. The number of nitrogens with zero attached hydrogens (tertiary/aromatic N) is 2. The number of para-hydroxylation sites is 1. The normalized spacial score (nSPS) is 11.0. The minimum Gasteiger partial charge on any atom is -0.497 e. The lowest BCUT2D eigenvalue weighted by atomic mass is 10.1. The zero-order valence-electron chi connectivity index (χ0n) is 18.7. The summed E-state index contributed by atoms with van der Waals surface area (Å²) in [6.45, 7) is 8.32. The lowest BCUT2D eigenvalue weighted by molar-refractivity contribution is -0.123. The highest BCUT2D eigenvalue weighted by atomic mass is 16.5. The van der Waals surface area contributed by atoms with Crippen molar-refractivity contribution in [1.29, 1.82) is 0 Å². The number of methoxy groups -OCH3 is 1.